The number of aliphatic imine (C=N–C) groups is 1. The van der Waals surface area contributed by atoms with Gasteiger partial charge in [-0.15, -0.1) is 0 Å². The Kier molecular flexibility index (Phi) is 5.87. The lowest BCUT2D eigenvalue weighted by Crippen LogP contribution is -2.44. The van der Waals surface area contributed by atoms with Gasteiger partial charge < -0.3 is 15.5 Å². The minimum absolute atomic E-state index is 0.635. The van der Waals surface area contributed by atoms with Crippen LogP contribution in [0.4, 0.5) is 0 Å². The predicted octanol–water partition coefficient (Wildman–Crippen LogP) is 1.84. The summed E-state index contributed by atoms with van der Waals surface area (Å²) in [7, 11) is 2.20. The molecule has 4 nitrogen and oxygen atoms in total. The van der Waals surface area contributed by atoms with Gasteiger partial charge >= 0.3 is 0 Å². The van der Waals surface area contributed by atoms with Crippen LogP contribution in [0.5, 0.6) is 0 Å². The fourth-order valence-corrected chi connectivity index (χ4v) is 2.55. The molecule has 1 unspecified atom stereocenters. The van der Waals surface area contributed by atoms with Gasteiger partial charge in [0, 0.05) is 19.1 Å². The maximum Gasteiger partial charge on any atom is 0.191 e. The Hall–Kier alpha value is -1.55. The number of hydrogen-bond acceptors (Lipinski definition) is 2. The molecule has 0 spiro atoms. The van der Waals surface area contributed by atoms with E-state index in [-0.39, 0.29) is 0 Å². The summed E-state index contributed by atoms with van der Waals surface area (Å²) < 4.78 is 0. The fourth-order valence-electron chi connectivity index (χ4n) is 2.55. The van der Waals surface area contributed by atoms with Crippen molar-refractivity contribution in [3.05, 3.63) is 35.9 Å². The molecule has 0 aromatic heterocycles. The number of nitrogens with zero attached hydrogens (tertiary/aromatic N) is 2. The molecule has 1 heterocycles. The Morgan fingerprint density at radius 2 is 2.10 bits per heavy atom. The molecule has 1 aliphatic heterocycles. The van der Waals surface area contributed by atoms with Crippen LogP contribution < -0.4 is 10.6 Å². The van der Waals surface area contributed by atoms with Crippen molar-refractivity contribution in [1.29, 1.82) is 0 Å². The molecule has 110 valence electrons. The van der Waals surface area contributed by atoms with Crippen molar-refractivity contribution in [3.63, 3.8) is 0 Å². The van der Waals surface area contributed by atoms with Crippen molar-refractivity contribution >= 4 is 5.96 Å². The molecule has 1 atom stereocenters. The summed E-state index contributed by atoms with van der Waals surface area (Å²) in [6.07, 6.45) is 2.59. The summed E-state index contributed by atoms with van der Waals surface area (Å²) in [5.41, 5.74) is 1.24. The van der Waals surface area contributed by atoms with Crippen LogP contribution in [-0.2, 0) is 6.54 Å². The van der Waals surface area contributed by atoms with E-state index in [1.807, 2.05) is 6.07 Å². The summed E-state index contributed by atoms with van der Waals surface area (Å²) in [5, 5.41) is 6.77. The van der Waals surface area contributed by atoms with Gasteiger partial charge in [-0.05, 0) is 38.9 Å². The van der Waals surface area contributed by atoms with Crippen molar-refractivity contribution in [2.45, 2.75) is 32.4 Å². The maximum absolute atomic E-state index is 4.65. The molecule has 1 saturated heterocycles. The minimum Gasteiger partial charge on any atom is -0.357 e. The number of nitrogens with one attached hydrogen (secondary N) is 2. The van der Waals surface area contributed by atoms with Gasteiger partial charge in [0.15, 0.2) is 5.96 Å². The van der Waals surface area contributed by atoms with E-state index in [0.29, 0.717) is 6.04 Å². The first kappa shape index (κ1) is 14.9. The van der Waals surface area contributed by atoms with Gasteiger partial charge in [0.05, 0.1) is 6.54 Å². The van der Waals surface area contributed by atoms with Gasteiger partial charge in [0.25, 0.3) is 0 Å². The van der Waals surface area contributed by atoms with E-state index in [4.69, 9.17) is 0 Å². The van der Waals surface area contributed by atoms with E-state index in [0.717, 1.165) is 25.6 Å². The first-order valence-corrected chi connectivity index (χ1v) is 7.56. The summed E-state index contributed by atoms with van der Waals surface area (Å²) >= 11 is 0. The molecule has 4 heteroatoms. The third kappa shape index (κ3) is 4.53. The highest BCUT2D eigenvalue weighted by molar-refractivity contribution is 5.79. The van der Waals surface area contributed by atoms with Crippen LogP contribution in [0, 0.1) is 0 Å². The Morgan fingerprint density at radius 3 is 2.75 bits per heavy atom. The predicted molar refractivity (Wildman–Crippen MR) is 84.9 cm³/mol. The van der Waals surface area contributed by atoms with E-state index in [9.17, 15) is 0 Å². The van der Waals surface area contributed by atoms with E-state index in [2.05, 4.69) is 58.8 Å². The topological polar surface area (TPSA) is 39.7 Å². The van der Waals surface area contributed by atoms with E-state index < -0.39 is 0 Å². The monoisotopic (exact) mass is 274 g/mol. The van der Waals surface area contributed by atoms with Gasteiger partial charge in [0.2, 0.25) is 0 Å². The van der Waals surface area contributed by atoms with Crippen LogP contribution >= 0.6 is 0 Å². The molecule has 0 saturated carbocycles. The molecule has 0 amide bonds. The number of guanidine groups is 1. The third-order valence-electron chi connectivity index (χ3n) is 3.78. The zero-order valence-corrected chi connectivity index (χ0v) is 12.6. The fraction of sp³-hybridized carbons (Fsp3) is 0.562. The highest BCUT2D eigenvalue weighted by Crippen LogP contribution is 2.13. The zero-order chi connectivity index (χ0) is 14.2. The second-order valence-corrected chi connectivity index (χ2v) is 5.34. The van der Waals surface area contributed by atoms with Gasteiger partial charge in [-0.25, -0.2) is 4.99 Å². The van der Waals surface area contributed by atoms with E-state index in [1.54, 1.807) is 0 Å². The molecule has 1 aromatic rings. The standard InChI is InChI=1S/C16H26N4/c1-3-17-16(18-12-14-8-5-4-6-9-14)19-13-15-10-7-11-20(15)2/h4-6,8-9,15H,3,7,10-13H2,1-2H3,(H2,17,18,19). The molecular weight excluding hydrogens is 248 g/mol. The molecule has 1 aliphatic rings. The van der Waals surface area contributed by atoms with Crippen molar-refractivity contribution < 1.29 is 0 Å². The normalized spacial score (nSPS) is 20.1. The number of benzene rings is 1. The molecule has 0 radical (unpaired) electrons. The van der Waals surface area contributed by atoms with Crippen LogP contribution in [0.2, 0.25) is 0 Å². The number of likely N-dealkylation sites (tertiary alicyclic amines) is 1. The first-order valence-electron chi connectivity index (χ1n) is 7.56. The highest BCUT2D eigenvalue weighted by Gasteiger charge is 2.20. The lowest BCUT2D eigenvalue weighted by atomic mass is 10.2. The van der Waals surface area contributed by atoms with Crippen LogP contribution in [-0.4, -0.2) is 43.6 Å². The Morgan fingerprint density at radius 1 is 1.30 bits per heavy atom. The van der Waals surface area contributed by atoms with Crippen LogP contribution in [0.1, 0.15) is 25.3 Å². The first-order chi connectivity index (χ1) is 9.79. The van der Waals surface area contributed by atoms with Crippen LogP contribution in [0.15, 0.2) is 35.3 Å². The summed E-state index contributed by atoms with van der Waals surface area (Å²) in [6, 6.07) is 11.0. The second kappa shape index (κ2) is 7.90. The summed E-state index contributed by atoms with van der Waals surface area (Å²) in [5.74, 6) is 0.914. The maximum atomic E-state index is 4.65. The Balaban J connectivity index is 1.85. The molecule has 2 N–H and O–H groups in total. The Bertz CT molecular complexity index is 416. The lowest BCUT2D eigenvalue weighted by Gasteiger charge is -2.21. The quantitative estimate of drug-likeness (QED) is 0.636. The molecule has 1 fully saturated rings. The number of hydrogen-bond donors (Lipinski definition) is 2. The van der Waals surface area contributed by atoms with Crippen molar-refractivity contribution in [2.24, 2.45) is 4.99 Å². The largest absolute Gasteiger partial charge is 0.357 e. The number of likely N-dealkylation sites (N-methyl/N-ethyl adjacent to an activating group) is 1. The average Bonchev–Trinajstić information content (AvgIpc) is 2.88. The minimum atomic E-state index is 0.635. The van der Waals surface area contributed by atoms with E-state index >= 15 is 0 Å². The molecule has 2 rings (SSSR count). The van der Waals surface area contributed by atoms with E-state index in [1.165, 1.54) is 24.9 Å². The SMILES string of the molecule is CCNC(=NCc1ccccc1)NCC1CCCN1C. The molecular formula is C16H26N4. The smallest absolute Gasteiger partial charge is 0.191 e. The summed E-state index contributed by atoms with van der Waals surface area (Å²) in [6.45, 7) is 5.89. The molecule has 0 aliphatic carbocycles. The Labute approximate surface area is 122 Å². The van der Waals surface area contributed by atoms with Crippen molar-refractivity contribution in [2.75, 3.05) is 26.7 Å². The van der Waals surface area contributed by atoms with Gasteiger partial charge in [-0.3, -0.25) is 0 Å². The lowest BCUT2D eigenvalue weighted by molar-refractivity contribution is 0.309. The third-order valence-corrected chi connectivity index (χ3v) is 3.78. The van der Waals surface area contributed by atoms with Gasteiger partial charge in [0.1, 0.15) is 0 Å². The molecule has 0 bridgehead atoms. The van der Waals surface area contributed by atoms with Crippen molar-refractivity contribution in [3.8, 4) is 0 Å². The van der Waals surface area contributed by atoms with Crippen LogP contribution in [0.3, 0.4) is 0 Å². The molecule has 1 aromatic carbocycles. The number of rotatable bonds is 5. The average molecular weight is 274 g/mol. The highest BCUT2D eigenvalue weighted by atomic mass is 15.2. The van der Waals surface area contributed by atoms with Gasteiger partial charge in [-0.2, -0.15) is 0 Å². The molecule has 20 heavy (non-hydrogen) atoms. The summed E-state index contributed by atoms with van der Waals surface area (Å²) in [4.78, 5) is 7.07. The van der Waals surface area contributed by atoms with Crippen molar-refractivity contribution in [1.82, 2.24) is 15.5 Å². The second-order valence-electron chi connectivity index (χ2n) is 5.34. The van der Waals surface area contributed by atoms with Gasteiger partial charge in [-0.1, -0.05) is 30.3 Å². The van der Waals surface area contributed by atoms with Crippen LogP contribution in [0.25, 0.3) is 0 Å². The zero-order valence-electron chi connectivity index (χ0n) is 12.6.